The minimum Gasteiger partial charge on any atom is -0.406 e. The number of alkyl halides is 3. The number of halogens is 3. The molecule has 0 aliphatic rings. The van der Waals surface area contributed by atoms with E-state index in [-0.39, 0.29) is 18.2 Å². The summed E-state index contributed by atoms with van der Waals surface area (Å²) >= 11 is 0. The lowest BCUT2D eigenvalue weighted by molar-refractivity contribution is -0.274. The Balaban J connectivity index is 1.59. The van der Waals surface area contributed by atoms with Gasteiger partial charge in [-0.15, -0.1) is 13.2 Å². The lowest BCUT2D eigenvalue weighted by atomic mass is 10.2. The van der Waals surface area contributed by atoms with Crippen LogP contribution in [0.2, 0.25) is 0 Å². The van der Waals surface area contributed by atoms with Crippen molar-refractivity contribution < 1.29 is 27.4 Å². The Morgan fingerprint density at radius 2 is 1.39 bits per heavy atom. The van der Waals surface area contributed by atoms with Crippen molar-refractivity contribution >= 4 is 23.5 Å². The third-order valence-corrected chi connectivity index (χ3v) is 4.44. The van der Waals surface area contributed by atoms with Crippen molar-refractivity contribution in [3.63, 3.8) is 0 Å². The number of rotatable bonds is 15. The molecule has 3 rings (SSSR count). The zero-order chi connectivity index (χ0) is 25.6. The number of nitrogens with zero attached hydrogens (tertiary/aromatic N) is 3. The topological polar surface area (TPSA) is 128 Å². The molecule has 10 nitrogen and oxygen atoms in total. The molecule has 194 valence electrons. The van der Waals surface area contributed by atoms with Crippen molar-refractivity contribution in [3.05, 3.63) is 60.2 Å². The standard InChI is InChI=1S/C23H28F3N7O3/c24-23(25,26)36-19-8-6-17(7-9-19)16-29-21-31-20(28-11-13-35-15-14-34-12-10-27)32-22(33-21)30-18-4-2-1-3-5-18/h1-9H,10-16,27H2,(H3,28,29,30,31,32,33). The molecule has 3 aromatic rings. The molecule has 1 aromatic heterocycles. The Kier molecular flexibility index (Phi) is 10.5. The molecule has 0 radical (unpaired) electrons. The fourth-order valence-electron chi connectivity index (χ4n) is 2.87. The van der Waals surface area contributed by atoms with Gasteiger partial charge in [0.2, 0.25) is 17.8 Å². The van der Waals surface area contributed by atoms with Gasteiger partial charge in [-0.3, -0.25) is 0 Å². The average molecular weight is 508 g/mol. The van der Waals surface area contributed by atoms with Gasteiger partial charge in [-0.2, -0.15) is 15.0 Å². The first-order chi connectivity index (χ1) is 17.4. The summed E-state index contributed by atoms with van der Waals surface area (Å²) in [6.07, 6.45) is -4.74. The van der Waals surface area contributed by atoms with Gasteiger partial charge in [0.1, 0.15) is 5.75 Å². The van der Waals surface area contributed by atoms with E-state index in [9.17, 15) is 13.2 Å². The third kappa shape index (κ3) is 10.3. The molecule has 0 amide bonds. The lowest BCUT2D eigenvalue weighted by Gasteiger charge is -2.12. The molecule has 0 saturated carbocycles. The van der Waals surface area contributed by atoms with Crippen LogP contribution < -0.4 is 26.4 Å². The molecule has 36 heavy (non-hydrogen) atoms. The van der Waals surface area contributed by atoms with Crippen LogP contribution in [0.5, 0.6) is 5.75 Å². The van der Waals surface area contributed by atoms with Gasteiger partial charge in [-0.1, -0.05) is 30.3 Å². The summed E-state index contributed by atoms with van der Waals surface area (Å²) in [5, 5.41) is 9.27. The van der Waals surface area contributed by atoms with Gasteiger partial charge >= 0.3 is 6.36 Å². The Morgan fingerprint density at radius 1 is 0.750 bits per heavy atom. The largest absolute Gasteiger partial charge is 0.573 e. The number of nitrogens with two attached hydrogens (primary N) is 1. The second-order valence-corrected chi connectivity index (χ2v) is 7.28. The predicted molar refractivity (Wildman–Crippen MR) is 129 cm³/mol. The number of ether oxygens (including phenoxy) is 3. The Hall–Kier alpha value is -3.68. The third-order valence-electron chi connectivity index (χ3n) is 4.44. The van der Waals surface area contributed by atoms with Gasteiger partial charge < -0.3 is 35.9 Å². The van der Waals surface area contributed by atoms with E-state index in [1.54, 1.807) is 0 Å². The minimum atomic E-state index is -4.74. The molecule has 0 fully saturated rings. The minimum absolute atomic E-state index is 0.270. The van der Waals surface area contributed by atoms with Gasteiger partial charge in [0, 0.05) is 25.3 Å². The molecule has 0 saturated heterocycles. The van der Waals surface area contributed by atoms with Crippen LogP contribution in [-0.4, -0.2) is 60.8 Å². The van der Waals surface area contributed by atoms with Crippen molar-refractivity contribution in [1.29, 1.82) is 0 Å². The Bertz CT molecular complexity index is 1040. The first-order valence-electron chi connectivity index (χ1n) is 11.2. The van der Waals surface area contributed by atoms with Crippen LogP contribution in [0.25, 0.3) is 0 Å². The molecule has 13 heteroatoms. The van der Waals surface area contributed by atoms with Crippen molar-refractivity contribution in [2.24, 2.45) is 5.73 Å². The number of nitrogens with one attached hydrogen (secondary N) is 3. The van der Waals surface area contributed by atoms with E-state index in [2.05, 4.69) is 35.6 Å². The smallest absolute Gasteiger partial charge is 0.406 e. The highest BCUT2D eigenvalue weighted by Gasteiger charge is 2.30. The molecule has 1 heterocycles. The normalized spacial score (nSPS) is 11.2. The van der Waals surface area contributed by atoms with E-state index in [0.717, 1.165) is 5.69 Å². The summed E-state index contributed by atoms with van der Waals surface area (Å²) in [5.74, 6) is 0.618. The van der Waals surface area contributed by atoms with Crippen molar-refractivity contribution in [3.8, 4) is 5.75 Å². The zero-order valence-corrected chi connectivity index (χ0v) is 19.4. The van der Waals surface area contributed by atoms with Crippen molar-refractivity contribution in [1.82, 2.24) is 15.0 Å². The number of hydrogen-bond acceptors (Lipinski definition) is 10. The summed E-state index contributed by atoms with van der Waals surface area (Å²) in [5.41, 5.74) is 6.87. The first kappa shape index (κ1) is 26.9. The molecular weight excluding hydrogens is 479 g/mol. The van der Waals surface area contributed by atoms with Crippen LogP contribution in [-0.2, 0) is 16.0 Å². The van der Waals surface area contributed by atoms with Crippen LogP contribution in [0.1, 0.15) is 5.56 Å². The van der Waals surface area contributed by atoms with Crippen LogP contribution in [0, 0.1) is 0 Å². The second-order valence-electron chi connectivity index (χ2n) is 7.28. The molecule has 0 spiro atoms. The molecule has 0 aliphatic heterocycles. The van der Waals surface area contributed by atoms with Gasteiger partial charge in [0.25, 0.3) is 0 Å². The summed E-state index contributed by atoms with van der Waals surface area (Å²) in [4.78, 5) is 13.1. The molecule has 0 bridgehead atoms. The maximum Gasteiger partial charge on any atom is 0.573 e. The van der Waals surface area contributed by atoms with Crippen LogP contribution in [0.15, 0.2) is 54.6 Å². The van der Waals surface area contributed by atoms with Crippen LogP contribution in [0.3, 0.4) is 0 Å². The van der Waals surface area contributed by atoms with E-state index >= 15 is 0 Å². The molecule has 5 N–H and O–H groups in total. The number of para-hydroxylation sites is 1. The van der Waals surface area contributed by atoms with E-state index in [4.69, 9.17) is 15.2 Å². The van der Waals surface area contributed by atoms with Crippen molar-refractivity contribution in [2.45, 2.75) is 12.9 Å². The number of anilines is 4. The molecule has 2 aromatic carbocycles. The summed E-state index contributed by atoms with van der Waals surface area (Å²) in [6, 6.07) is 14.9. The highest BCUT2D eigenvalue weighted by Crippen LogP contribution is 2.23. The lowest BCUT2D eigenvalue weighted by Crippen LogP contribution is -2.17. The number of aromatic nitrogens is 3. The zero-order valence-electron chi connectivity index (χ0n) is 19.4. The Morgan fingerprint density at radius 3 is 2.06 bits per heavy atom. The number of hydrogen-bond donors (Lipinski definition) is 4. The second kappa shape index (κ2) is 14.0. The predicted octanol–water partition coefficient (Wildman–Crippen LogP) is 3.53. The molecule has 0 unspecified atom stereocenters. The fourth-order valence-corrected chi connectivity index (χ4v) is 2.87. The first-order valence-corrected chi connectivity index (χ1v) is 11.2. The van der Waals surface area contributed by atoms with Crippen molar-refractivity contribution in [2.75, 3.05) is 55.5 Å². The van der Waals surface area contributed by atoms with Gasteiger partial charge in [-0.25, -0.2) is 0 Å². The summed E-state index contributed by atoms with van der Waals surface area (Å²) in [6.45, 7) is 3.00. The molecular formula is C23H28F3N7O3. The monoisotopic (exact) mass is 507 g/mol. The highest BCUT2D eigenvalue weighted by molar-refractivity contribution is 5.55. The van der Waals surface area contributed by atoms with E-state index in [1.165, 1.54) is 24.3 Å². The van der Waals surface area contributed by atoms with E-state index < -0.39 is 6.36 Å². The fraction of sp³-hybridized carbons (Fsp3) is 0.348. The molecule has 0 aliphatic carbocycles. The van der Waals surface area contributed by atoms with Crippen LogP contribution >= 0.6 is 0 Å². The summed E-state index contributed by atoms with van der Waals surface area (Å²) < 4.78 is 51.7. The van der Waals surface area contributed by atoms with Gasteiger partial charge in [0.05, 0.1) is 26.4 Å². The quantitative estimate of drug-likeness (QED) is 0.227. The SMILES string of the molecule is NCCOCCOCCNc1nc(NCc2ccc(OC(F)(F)F)cc2)nc(Nc2ccccc2)n1. The van der Waals surface area contributed by atoms with Gasteiger partial charge in [-0.05, 0) is 29.8 Å². The van der Waals surface area contributed by atoms with Crippen LogP contribution in [0.4, 0.5) is 36.7 Å². The highest BCUT2D eigenvalue weighted by atomic mass is 19.4. The maximum absolute atomic E-state index is 12.4. The van der Waals surface area contributed by atoms with Gasteiger partial charge in [0.15, 0.2) is 0 Å². The van der Waals surface area contributed by atoms with E-state index in [0.29, 0.717) is 57.0 Å². The maximum atomic E-state index is 12.4. The Labute approximate surface area is 206 Å². The number of benzene rings is 2. The summed E-state index contributed by atoms with van der Waals surface area (Å²) in [7, 11) is 0. The van der Waals surface area contributed by atoms with E-state index in [1.807, 2.05) is 30.3 Å². The average Bonchev–Trinajstić information content (AvgIpc) is 2.85. The molecule has 0 atom stereocenters.